The third kappa shape index (κ3) is 4.37. The highest BCUT2D eigenvalue weighted by Gasteiger charge is 2.33. The number of rotatable bonds is 5. The van der Waals surface area contributed by atoms with Gasteiger partial charge in [-0.25, -0.2) is 0 Å². The van der Waals surface area contributed by atoms with Crippen LogP contribution in [0, 0.1) is 0 Å². The van der Waals surface area contributed by atoms with Crippen molar-refractivity contribution in [3.63, 3.8) is 0 Å². The quantitative estimate of drug-likeness (QED) is 0.820. The van der Waals surface area contributed by atoms with E-state index in [1.807, 2.05) is 13.0 Å². The minimum absolute atomic E-state index is 0.267. The summed E-state index contributed by atoms with van der Waals surface area (Å²) in [7, 11) is 0. The van der Waals surface area contributed by atoms with Gasteiger partial charge in [0.2, 0.25) is 0 Å². The van der Waals surface area contributed by atoms with Crippen LogP contribution >= 0.6 is 0 Å². The molecule has 0 bridgehead atoms. The maximum Gasteiger partial charge on any atom is 0.416 e. The molecule has 21 heavy (non-hydrogen) atoms. The van der Waals surface area contributed by atoms with Crippen LogP contribution in [0.5, 0.6) is 0 Å². The van der Waals surface area contributed by atoms with Crippen molar-refractivity contribution in [3.8, 4) is 0 Å². The summed E-state index contributed by atoms with van der Waals surface area (Å²) in [5.41, 5.74) is 0.521. The molecule has 1 aliphatic rings. The van der Waals surface area contributed by atoms with E-state index in [0.29, 0.717) is 11.3 Å². The first-order valence-corrected chi connectivity index (χ1v) is 7.68. The monoisotopic (exact) mass is 300 g/mol. The van der Waals surface area contributed by atoms with Gasteiger partial charge in [0.15, 0.2) is 0 Å². The maximum atomic E-state index is 13.3. The van der Waals surface area contributed by atoms with Crippen molar-refractivity contribution in [1.29, 1.82) is 0 Å². The molecule has 1 fully saturated rings. The van der Waals surface area contributed by atoms with Crippen LogP contribution < -0.4 is 10.2 Å². The van der Waals surface area contributed by atoms with E-state index in [4.69, 9.17) is 0 Å². The third-order valence-electron chi connectivity index (χ3n) is 3.86. The summed E-state index contributed by atoms with van der Waals surface area (Å²) in [6.45, 7) is 4.70. The second kappa shape index (κ2) is 7.16. The van der Waals surface area contributed by atoms with Crippen LogP contribution in [0.1, 0.15) is 43.7 Å². The Morgan fingerprint density at radius 3 is 2.48 bits per heavy atom. The third-order valence-corrected chi connectivity index (χ3v) is 3.86. The lowest BCUT2D eigenvalue weighted by molar-refractivity contribution is -0.138. The Morgan fingerprint density at radius 2 is 1.86 bits per heavy atom. The Morgan fingerprint density at radius 1 is 1.14 bits per heavy atom. The second-order valence-electron chi connectivity index (χ2n) is 5.56. The van der Waals surface area contributed by atoms with E-state index in [9.17, 15) is 13.2 Å². The van der Waals surface area contributed by atoms with Gasteiger partial charge in [-0.05, 0) is 49.9 Å². The van der Waals surface area contributed by atoms with Gasteiger partial charge in [0, 0.05) is 25.3 Å². The summed E-state index contributed by atoms with van der Waals surface area (Å²) in [6, 6.07) is 4.76. The molecule has 5 heteroatoms. The smallest absolute Gasteiger partial charge is 0.372 e. The topological polar surface area (TPSA) is 15.3 Å². The molecule has 1 aromatic carbocycles. The van der Waals surface area contributed by atoms with Gasteiger partial charge in [-0.3, -0.25) is 0 Å². The van der Waals surface area contributed by atoms with Crippen molar-refractivity contribution in [2.75, 3.05) is 24.5 Å². The number of hydrogen-bond acceptors (Lipinski definition) is 2. The molecule has 0 amide bonds. The van der Waals surface area contributed by atoms with E-state index in [2.05, 4.69) is 10.2 Å². The normalized spacial score (nSPS) is 16.3. The molecule has 0 aromatic heterocycles. The van der Waals surface area contributed by atoms with Crippen molar-refractivity contribution >= 4 is 5.69 Å². The first-order chi connectivity index (χ1) is 10.0. The first kappa shape index (κ1) is 16.1. The Labute approximate surface area is 124 Å². The molecule has 1 saturated heterocycles. The maximum absolute atomic E-state index is 13.3. The van der Waals surface area contributed by atoms with Crippen LogP contribution in [0.15, 0.2) is 18.2 Å². The fourth-order valence-electron chi connectivity index (χ4n) is 2.73. The molecule has 2 nitrogen and oxygen atoms in total. The highest BCUT2D eigenvalue weighted by atomic mass is 19.4. The highest BCUT2D eigenvalue weighted by Crippen LogP contribution is 2.35. The molecule has 0 atom stereocenters. The van der Waals surface area contributed by atoms with Gasteiger partial charge in [-0.1, -0.05) is 13.0 Å². The number of halogens is 3. The SMILES string of the molecule is CCCNCc1ccc(N2CCCCC2)cc1C(F)(F)F. The Kier molecular flexibility index (Phi) is 5.51. The average Bonchev–Trinajstić information content (AvgIpc) is 2.47. The molecule has 0 aliphatic carbocycles. The zero-order valence-corrected chi connectivity index (χ0v) is 12.5. The summed E-state index contributed by atoms with van der Waals surface area (Å²) in [5, 5.41) is 3.05. The molecule has 118 valence electrons. The van der Waals surface area contributed by atoms with E-state index >= 15 is 0 Å². The second-order valence-corrected chi connectivity index (χ2v) is 5.56. The summed E-state index contributed by atoms with van der Waals surface area (Å²) in [5.74, 6) is 0. The van der Waals surface area contributed by atoms with Gasteiger partial charge >= 0.3 is 6.18 Å². The summed E-state index contributed by atoms with van der Waals surface area (Å²) >= 11 is 0. The highest BCUT2D eigenvalue weighted by molar-refractivity contribution is 5.52. The van der Waals surface area contributed by atoms with Crippen LogP contribution in [-0.4, -0.2) is 19.6 Å². The molecule has 1 N–H and O–H groups in total. The molecule has 1 aromatic rings. The van der Waals surface area contributed by atoms with E-state index < -0.39 is 11.7 Å². The van der Waals surface area contributed by atoms with Crippen molar-refractivity contribution in [3.05, 3.63) is 29.3 Å². The Hall–Kier alpha value is -1.23. The van der Waals surface area contributed by atoms with Gasteiger partial charge in [0.1, 0.15) is 0 Å². The molecule has 1 aliphatic heterocycles. The van der Waals surface area contributed by atoms with E-state index in [1.165, 1.54) is 12.5 Å². The zero-order chi connectivity index (χ0) is 15.3. The number of anilines is 1. The number of hydrogen-bond donors (Lipinski definition) is 1. The van der Waals surface area contributed by atoms with Gasteiger partial charge in [-0.15, -0.1) is 0 Å². The lowest BCUT2D eigenvalue weighted by atomic mass is 10.0. The van der Waals surface area contributed by atoms with Gasteiger partial charge < -0.3 is 10.2 Å². The fraction of sp³-hybridized carbons (Fsp3) is 0.625. The molecule has 2 rings (SSSR count). The van der Waals surface area contributed by atoms with Crippen LogP contribution in [0.2, 0.25) is 0 Å². The van der Waals surface area contributed by atoms with Crippen molar-refractivity contribution in [2.45, 2.75) is 45.3 Å². The van der Waals surface area contributed by atoms with E-state index in [-0.39, 0.29) is 6.54 Å². The molecule has 0 spiro atoms. The average molecular weight is 300 g/mol. The van der Waals surface area contributed by atoms with Crippen LogP contribution in [0.25, 0.3) is 0 Å². The lowest BCUT2D eigenvalue weighted by Gasteiger charge is -2.29. The molecule has 1 heterocycles. The minimum Gasteiger partial charge on any atom is -0.372 e. The minimum atomic E-state index is -4.30. The van der Waals surface area contributed by atoms with Crippen molar-refractivity contribution < 1.29 is 13.2 Å². The first-order valence-electron chi connectivity index (χ1n) is 7.68. The summed E-state index contributed by atoms with van der Waals surface area (Å²) in [4.78, 5) is 2.06. The van der Waals surface area contributed by atoms with Gasteiger partial charge in [0.25, 0.3) is 0 Å². The lowest BCUT2D eigenvalue weighted by Crippen LogP contribution is -2.30. The Balaban J connectivity index is 2.21. The largest absolute Gasteiger partial charge is 0.416 e. The summed E-state index contributed by atoms with van der Waals surface area (Å²) in [6.07, 6.45) is -0.105. The number of benzene rings is 1. The van der Waals surface area contributed by atoms with Crippen LogP contribution in [0.4, 0.5) is 18.9 Å². The molecule has 0 unspecified atom stereocenters. The molecular weight excluding hydrogens is 277 g/mol. The summed E-state index contributed by atoms with van der Waals surface area (Å²) < 4.78 is 39.8. The van der Waals surface area contributed by atoms with Crippen LogP contribution in [0.3, 0.4) is 0 Å². The molecular formula is C16H23F3N2. The van der Waals surface area contributed by atoms with Gasteiger partial charge in [-0.2, -0.15) is 13.2 Å². The standard InChI is InChI=1S/C16H23F3N2/c1-2-8-20-12-13-6-7-14(11-15(13)16(17,18)19)21-9-4-3-5-10-21/h6-7,11,20H,2-5,8-10,12H2,1H3. The zero-order valence-electron chi connectivity index (χ0n) is 12.5. The van der Waals surface area contributed by atoms with Crippen molar-refractivity contribution in [1.82, 2.24) is 5.32 Å². The van der Waals surface area contributed by atoms with Gasteiger partial charge in [0.05, 0.1) is 5.56 Å². The number of nitrogens with one attached hydrogen (secondary N) is 1. The van der Waals surface area contributed by atoms with Crippen molar-refractivity contribution in [2.24, 2.45) is 0 Å². The molecule has 0 saturated carbocycles. The molecule has 0 radical (unpaired) electrons. The number of piperidine rings is 1. The predicted molar refractivity (Wildman–Crippen MR) is 79.5 cm³/mol. The van der Waals surface area contributed by atoms with Crippen LogP contribution in [-0.2, 0) is 12.7 Å². The Bertz CT molecular complexity index is 451. The fourth-order valence-corrected chi connectivity index (χ4v) is 2.73. The number of nitrogens with zero attached hydrogens (tertiary/aromatic N) is 1. The number of alkyl halides is 3. The predicted octanol–water partition coefficient (Wildman–Crippen LogP) is 4.20. The van der Waals surface area contributed by atoms with E-state index in [0.717, 1.165) is 38.9 Å². The van der Waals surface area contributed by atoms with E-state index in [1.54, 1.807) is 6.07 Å².